The van der Waals surface area contributed by atoms with Gasteiger partial charge in [0.15, 0.2) is 4.34 Å². The molecule has 0 N–H and O–H groups in total. The molecule has 0 radical (unpaired) electrons. The van der Waals surface area contributed by atoms with E-state index in [0.717, 1.165) is 4.34 Å². The summed E-state index contributed by atoms with van der Waals surface area (Å²) in [4.78, 5) is 5.37. The van der Waals surface area contributed by atoms with Crippen molar-refractivity contribution >= 4 is 48.4 Å². The van der Waals surface area contributed by atoms with Gasteiger partial charge in [-0.3, -0.25) is 0 Å². The van der Waals surface area contributed by atoms with Crippen LogP contribution in [-0.4, -0.2) is 8.90 Å². The average molecular weight is 209 g/mol. The molecule has 56 valence electrons. The topological polar surface area (TPSA) is 12.9 Å². The lowest BCUT2D eigenvalue weighted by Crippen LogP contribution is -1.74. The van der Waals surface area contributed by atoms with Gasteiger partial charge in [-0.05, 0) is 6.92 Å². The summed E-state index contributed by atoms with van der Waals surface area (Å²) in [7, 11) is 0. The van der Waals surface area contributed by atoms with Gasteiger partial charge in [-0.2, -0.15) is 25.3 Å². The molecule has 0 aliphatic carbocycles. The average Bonchev–Trinajstić information content (AvgIpc) is 2.13. The fourth-order valence-corrected chi connectivity index (χ4v) is 3.16. The molecule has 0 fully saturated rings. The van der Waals surface area contributed by atoms with E-state index in [1.54, 1.807) is 23.1 Å². The van der Waals surface area contributed by atoms with Crippen molar-refractivity contribution in [3.8, 4) is 0 Å². The van der Waals surface area contributed by atoms with Gasteiger partial charge in [0.1, 0.15) is 0 Å². The molecule has 1 aromatic rings. The molecule has 0 unspecified atom stereocenters. The van der Waals surface area contributed by atoms with E-state index in [2.05, 4.69) is 30.2 Å². The van der Waals surface area contributed by atoms with Crippen LogP contribution in [0.1, 0.15) is 4.88 Å². The Morgan fingerprint density at radius 1 is 1.70 bits per heavy atom. The van der Waals surface area contributed by atoms with Gasteiger partial charge < -0.3 is 0 Å². The van der Waals surface area contributed by atoms with Crippen LogP contribution in [0.3, 0.4) is 0 Å². The summed E-state index contributed by atoms with van der Waals surface area (Å²) >= 11 is 11.5. The molecule has 1 aromatic heterocycles. The van der Waals surface area contributed by atoms with Crippen LogP contribution in [0.2, 0.25) is 0 Å². The summed E-state index contributed by atoms with van der Waals surface area (Å²) in [6.07, 6.45) is 1.86. The fourth-order valence-electron chi connectivity index (χ4n) is 0.479. The summed E-state index contributed by atoms with van der Waals surface area (Å²) in [6.45, 7) is 2.04. The molecule has 0 atom stereocenters. The van der Waals surface area contributed by atoms with Crippen LogP contribution < -0.4 is 0 Å². The van der Waals surface area contributed by atoms with Crippen LogP contribution in [0.5, 0.6) is 0 Å². The number of thiazole rings is 1. The minimum atomic E-state index is 0.0329. The molecule has 5 heteroatoms. The Hall–Kier alpha value is 0.680. The van der Waals surface area contributed by atoms with E-state index in [1.165, 1.54) is 4.88 Å². The summed E-state index contributed by atoms with van der Waals surface area (Å²) in [5.41, 5.74) is 0. The first-order valence-corrected chi connectivity index (χ1v) is 5.36. The maximum absolute atomic E-state index is 4.14. The normalized spacial score (nSPS) is 10.8. The highest BCUT2D eigenvalue weighted by atomic mass is 32.2. The van der Waals surface area contributed by atoms with Crippen molar-refractivity contribution in [1.82, 2.24) is 4.98 Å². The third kappa shape index (κ3) is 2.74. The summed E-state index contributed by atoms with van der Waals surface area (Å²) in [6, 6.07) is 0. The first kappa shape index (κ1) is 8.77. The number of rotatable bonds is 2. The van der Waals surface area contributed by atoms with Gasteiger partial charge in [0, 0.05) is 11.1 Å². The van der Waals surface area contributed by atoms with Gasteiger partial charge in [-0.25, -0.2) is 4.98 Å². The third-order valence-corrected chi connectivity index (χ3v) is 3.20. The highest BCUT2D eigenvalue weighted by molar-refractivity contribution is 8.23. The molecule has 0 aromatic carbocycles. The molecule has 0 spiro atoms. The van der Waals surface area contributed by atoms with Gasteiger partial charge in [-0.15, -0.1) is 11.3 Å². The van der Waals surface area contributed by atoms with Crippen molar-refractivity contribution in [2.45, 2.75) is 15.2 Å². The van der Waals surface area contributed by atoms with Crippen LogP contribution >= 0.6 is 48.4 Å². The molecular weight excluding hydrogens is 202 g/mol. The largest absolute Gasteiger partial charge is 0.238 e. The Balaban J connectivity index is 2.58. The molecule has 0 aliphatic heterocycles. The number of thioether (sulfide) groups is 1. The van der Waals surface area contributed by atoms with Crippen LogP contribution in [0.15, 0.2) is 10.5 Å². The lowest BCUT2D eigenvalue weighted by Gasteiger charge is -1.95. The SMILES string of the molecule is Cc1cnc(SC(S)S)s1. The zero-order chi connectivity index (χ0) is 7.56. The minimum Gasteiger partial charge on any atom is -0.238 e. The Kier molecular flexibility index (Phi) is 3.42. The van der Waals surface area contributed by atoms with Crippen molar-refractivity contribution in [2.24, 2.45) is 0 Å². The van der Waals surface area contributed by atoms with Crippen molar-refractivity contribution in [2.75, 3.05) is 0 Å². The maximum Gasteiger partial charge on any atom is 0.151 e. The second-order valence-corrected chi connectivity index (χ2v) is 6.41. The zero-order valence-corrected chi connectivity index (χ0v) is 8.73. The van der Waals surface area contributed by atoms with E-state index in [9.17, 15) is 0 Å². The smallest absolute Gasteiger partial charge is 0.151 e. The number of thiol groups is 2. The van der Waals surface area contributed by atoms with Gasteiger partial charge in [0.05, 0.1) is 3.91 Å². The highest BCUT2D eigenvalue weighted by Gasteiger charge is 2.02. The Bertz CT molecular complexity index is 207. The maximum atomic E-state index is 4.14. The first-order chi connectivity index (χ1) is 4.68. The Morgan fingerprint density at radius 3 is 2.80 bits per heavy atom. The monoisotopic (exact) mass is 209 g/mol. The van der Waals surface area contributed by atoms with E-state index in [4.69, 9.17) is 0 Å². The van der Waals surface area contributed by atoms with E-state index < -0.39 is 0 Å². The molecule has 0 aliphatic rings. The number of hydrogen-bond donors (Lipinski definition) is 2. The predicted molar refractivity (Wildman–Crippen MR) is 54.5 cm³/mol. The molecular formula is C5H7NS4. The zero-order valence-electron chi connectivity index (χ0n) is 5.31. The summed E-state index contributed by atoms with van der Waals surface area (Å²) in [5, 5.41) is 0. The Labute approximate surface area is 79.5 Å². The molecule has 10 heavy (non-hydrogen) atoms. The fraction of sp³-hybridized carbons (Fsp3) is 0.400. The third-order valence-electron chi connectivity index (χ3n) is 0.806. The summed E-state index contributed by atoms with van der Waals surface area (Å²) in [5.74, 6) is 0. The molecule has 0 amide bonds. The molecule has 1 heterocycles. The molecule has 1 nitrogen and oxygen atoms in total. The number of aryl methyl sites for hydroxylation is 1. The quantitative estimate of drug-likeness (QED) is 0.441. The van der Waals surface area contributed by atoms with E-state index >= 15 is 0 Å². The molecule has 1 rings (SSSR count). The number of nitrogens with zero attached hydrogens (tertiary/aromatic N) is 1. The van der Waals surface area contributed by atoms with Crippen molar-refractivity contribution in [3.63, 3.8) is 0 Å². The predicted octanol–water partition coefficient (Wildman–Crippen LogP) is 2.69. The lowest BCUT2D eigenvalue weighted by atomic mass is 10.7. The number of aromatic nitrogens is 1. The van der Waals surface area contributed by atoms with Gasteiger partial charge in [-0.1, -0.05) is 11.8 Å². The molecule has 0 bridgehead atoms. The minimum absolute atomic E-state index is 0.0329. The van der Waals surface area contributed by atoms with Crippen molar-refractivity contribution in [1.29, 1.82) is 0 Å². The molecule has 0 saturated heterocycles. The van der Waals surface area contributed by atoms with Crippen LogP contribution in [-0.2, 0) is 0 Å². The first-order valence-electron chi connectivity index (χ1n) is 2.63. The van der Waals surface area contributed by atoms with E-state index in [-0.39, 0.29) is 3.91 Å². The van der Waals surface area contributed by atoms with Gasteiger partial charge >= 0.3 is 0 Å². The van der Waals surface area contributed by atoms with Crippen LogP contribution in [0.4, 0.5) is 0 Å². The van der Waals surface area contributed by atoms with Crippen LogP contribution in [0.25, 0.3) is 0 Å². The Morgan fingerprint density at radius 2 is 2.40 bits per heavy atom. The van der Waals surface area contributed by atoms with Gasteiger partial charge in [0.2, 0.25) is 0 Å². The second kappa shape index (κ2) is 3.90. The van der Waals surface area contributed by atoms with E-state index in [0.29, 0.717) is 0 Å². The summed E-state index contributed by atoms with van der Waals surface area (Å²) < 4.78 is 1.07. The number of hydrogen-bond acceptors (Lipinski definition) is 5. The van der Waals surface area contributed by atoms with Gasteiger partial charge in [0.25, 0.3) is 0 Å². The van der Waals surface area contributed by atoms with Crippen molar-refractivity contribution < 1.29 is 0 Å². The van der Waals surface area contributed by atoms with Crippen molar-refractivity contribution in [3.05, 3.63) is 11.1 Å². The van der Waals surface area contributed by atoms with E-state index in [1.807, 2.05) is 13.1 Å². The standard InChI is InChI=1S/C5H7NS4/c1-3-2-6-4(9-3)10-5(7)8/h2,5,7-8H,1H3. The lowest BCUT2D eigenvalue weighted by molar-refractivity contribution is 1.24. The second-order valence-electron chi connectivity index (χ2n) is 1.68. The van der Waals surface area contributed by atoms with Crippen LogP contribution in [0, 0.1) is 6.92 Å². The molecule has 0 saturated carbocycles. The highest BCUT2D eigenvalue weighted by Crippen LogP contribution is 2.30.